The summed E-state index contributed by atoms with van der Waals surface area (Å²) in [6.45, 7) is 4.10. The maximum Gasteiger partial charge on any atom is 0.220 e. The standard InChI is InChI=1S/C30H59N3O3/c1-6-8-9-10-11-12-13-14-15-16-17-18-19-20-21-22-23-24-25-26-28(34)32-27(7-2)30(31,29(35)36)33(3,4)5/h14-15,27H,6-13,16-26,31H2,1-5H3,(H-,32,34,35,36)/b15-14-. The van der Waals surface area contributed by atoms with Gasteiger partial charge in [-0.1, -0.05) is 103 Å². The molecule has 0 saturated heterocycles. The third kappa shape index (κ3) is 15.0. The fourth-order valence-electron chi connectivity index (χ4n) is 4.74. The number of nitrogens with one attached hydrogen (secondary N) is 1. The van der Waals surface area contributed by atoms with Crippen LogP contribution < -0.4 is 16.2 Å². The van der Waals surface area contributed by atoms with Crippen LogP contribution in [0.5, 0.6) is 0 Å². The van der Waals surface area contributed by atoms with Crippen LogP contribution in [0, 0.1) is 0 Å². The lowest BCUT2D eigenvalue weighted by Crippen LogP contribution is -2.79. The number of amides is 1. The number of nitrogens with two attached hydrogens (primary N) is 1. The summed E-state index contributed by atoms with van der Waals surface area (Å²) in [7, 11) is 5.12. The number of hydrogen-bond acceptors (Lipinski definition) is 4. The Labute approximate surface area is 223 Å². The quantitative estimate of drug-likeness (QED) is 0.0767. The summed E-state index contributed by atoms with van der Waals surface area (Å²) in [6, 6.07) is -0.675. The number of carboxylic acids is 1. The van der Waals surface area contributed by atoms with E-state index in [-0.39, 0.29) is 10.4 Å². The van der Waals surface area contributed by atoms with E-state index >= 15 is 0 Å². The first-order chi connectivity index (χ1) is 17.1. The van der Waals surface area contributed by atoms with Crippen molar-refractivity contribution in [3.8, 4) is 0 Å². The van der Waals surface area contributed by atoms with Gasteiger partial charge < -0.3 is 19.7 Å². The van der Waals surface area contributed by atoms with Crippen LogP contribution in [0.15, 0.2) is 12.2 Å². The van der Waals surface area contributed by atoms with Crippen molar-refractivity contribution in [1.29, 1.82) is 0 Å². The zero-order valence-corrected chi connectivity index (χ0v) is 24.4. The van der Waals surface area contributed by atoms with Crippen molar-refractivity contribution < 1.29 is 19.2 Å². The van der Waals surface area contributed by atoms with Gasteiger partial charge in [-0.15, -0.1) is 0 Å². The summed E-state index contributed by atoms with van der Waals surface area (Å²) in [5, 5.41) is 14.6. The first-order valence-corrected chi connectivity index (χ1v) is 14.9. The van der Waals surface area contributed by atoms with Crippen LogP contribution in [-0.2, 0) is 9.59 Å². The van der Waals surface area contributed by atoms with Gasteiger partial charge in [0, 0.05) is 6.42 Å². The highest BCUT2D eigenvalue weighted by Crippen LogP contribution is 2.20. The zero-order valence-electron chi connectivity index (χ0n) is 24.4. The smallest absolute Gasteiger partial charge is 0.220 e. The molecule has 6 nitrogen and oxygen atoms in total. The van der Waals surface area contributed by atoms with Crippen LogP contribution >= 0.6 is 0 Å². The number of aliphatic carboxylic acids is 1. The molecule has 0 heterocycles. The summed E-state index contributed by atoms with van der Waals surface area (Å²) in [6.07, 6.45) is 27.0. The molecule has 0 saturated carbocycles. The monoisotopic (exact) mass is 509 g/mol. The Balaban J connectivity index is 3.74. The van der Waals surface area contributed by atoms with Gasteiger partial charge >= 0.3 is 0 Å². The molecule has 3 N–H and O–H groups in total. The fourth-order valence-corrected chi connectivity index (χ4v) is 4.74. The predicted molar refractivity (Wildman–Crippen MR) is 150 cm³/mol. The van der Waals surface area contributed by atoms with Gasteiger partial charge in [0.2, 0.25) is 11.6 Å². The van der Waals surface area contributed by atoms with Gasteiger partial charge in [0.25, 0.3) is 0 Å². The Bertz CT molecular complexity index is 601. The molecule has 0 aromatic carbocycles. The Morgan fingerprint density at radius 2 is 1.19 bits per heavy atom. The number of allylic oxidation sites excluding steroid dienone is 2. The van der Waals surface area contributed by atoms with Crippen molar-refractivity contribution in [2.45, 2.75) is 148 Å². The van der Waals surface area contributed by atoms with Gasteiger partial charge in [-0.2, -0.15) is 0 Å². The van der Waals surface area contributed by atoms with Crippen molar-refractivity contribution >= 4 is 11.9 Å². The van der Waals surface area contributed by atoms with Gasteiger partial charge in [0.05, 0.1) is 21.1 Å². The molecule has 0 bridgehead atoms. The Morgan fingerprint density at radius 1 is 0.778 bits per heavy atom. The van der Waals surface area contributed by atoms with Crippen molar-refractivity contribution in [2.24, 2.45) is 5.73 Å². The molecule has 0 aromatic heterocycles. The predicted octanol–water partition coefficient (Wildman–Crippen LogP) is 5.59. The molecule has 6 heteroatoms. The summed E-state index contributed by atoms with van der Waals surface area (Å²) in [5.41, 5.74) is 4.54. The highest BCUT2D eigenvalue weighted by Gasteiger charge is 2.48. The molecule has 0 rings (SSSR count). The molecule has 2 unspecified atom stereocenters. The maximum absolute atomic E-state index is 12.4. The van der Waals surface area contributed by atoms with Crippen LogP contribution in [0.4, 0.5) is 0 Å². The summed E-state index contributed by atoms with van der Waals surface area (Å²) in [5.74, 6) is -1.48. The van der Waals surface area contributed by atoms with E-state index in [0.29, 0.717) is 12.8 Å². The van der Waals surface area contributed by atoms with Crippen molar-refractivity contribution in [3.63, 3.8) is 0 Å². The molecule has 1 amide bonds. The molecular weight excluding hydrogens is 450 g/mol. The zero-order chi connectivity index (χ0) is 27.3. The summed E-state index contributed by atoms with van der Waals surface area (Å²) < 4.78 is -0.0237. The van der Waals surface area contributed by atoms with Gasteiger partial charge in [0.15, 0.2) is 0 Å². The summed E-state index contributed by atoms with van der Waals surface area (Å²) in [4.78, 5) is 24.2. The largest absolute Gasteiger partial charge is 0.543 e. The van der Waals surface area contributed by atoms with Crippen molar-refractivity contribution in [1.82, 2.24) is 5.32 Å². The third-order valence-electron chi connectivity index (χ3n) is 7.38. The van der Waals surface area contributed by atoms with Gasteiger partial charge in [0.1, 0.15) is 12.0 Å². The van der Waals surface area contributed by atoms with Crippen LogP contribution in [0.1, 0.15) is 136 Å². The molecule has 0 aliphatic rings. The number of unbranched alkanes of at least 4 members (excludes halogenated alkanes) is 15. The number of quaternary nitrogens is 1. The van der Waals surface area contributed by atoms with Crippen LogP contribution in [0.2, 0.25) is 0 Å². The van der Waals surface area contributed by atoms with E-state index in [1.54, 1.807) is 21.1 Å². The second kappa shape index (κ2) is 20.6. The molecule has 0 radical (unpaired) electrons. The Kier molecular flexibility index (Phi) is 19.8. The van der Waals surface area contributed by atoms with Gasteiger partial charge in [-0.3, -0.25) is 10.5 Å². The van der Waals surface area contributed by atoms with Crippen LogP contribution in [0.3, 0.4) is 0 Å². The summed E-state index contributed by atoms with van der Waals surface area (Å²) >= 11 is 0. The van der Waals surface area contributed by atoms with E-state index in [0.717, 1.165) is 19.3 Å². The number of carboxylic acid groups (broad SMARTS) is 1. The van der Waals surface area contributed by atoms with E-state index in [1.165, 1.54) is 89.9 Å². The highest BCUT2D eigenvalue weighted by molar-refractivity contribution is 5.80. The number of carbonyl (C=O) groups is 2. The van der Waals surface area contributed by atoms with Crippen LogP contribution in [0.25, 0.3) is 0 Å². The molecule has 0 fully saturated rings. The SMILES string of the molecule is CCCCCCCC/C=C\CCCCCCCCCCCC(=O)NC(CC)C(N)(C(=O)[O-])[N+](C)(C)C. The Hall–Kier alpha value is -1.40. The number of likely N-dealkylation sites (N-methyl/N-ethyl adjacent to an activating group) is 1. The van der Waals surface area contributed by atoms with Crippen molar-refractivity contribution in [3.05, 3.63) is 12.2 Å². The van der Waals surface area contributed by atoms with Crippen LogP contribution in [-0.4, -0.2) is 49.2 Å². The molecule has 0 aliphatic heterocycles. The van der Waals surface area contributed by atoms with Gasteiger partial charge in [-0.25, -0.2) is 0 Å². The third-order valence-corrected chi connectivity index (χ3v) is 7.38. The first-order valence-electron chi connectivity index (χ1n) is 14.9. The highest BCUT2D eigenvalue weighted by atomic mass is 16.4. The average molecular weight is 510 g/mol. The molecule has 0 aromatic rings. The van der Waals surface area contributed by atoms with Gasteiger partial charge in [-0.05, 0) is 38.5 Å². The Morgan fingerprint density at radius 3 is 1.58 bits per heavy atom. The minimum Gasteiger partial charge on any atom is -0.543 e. The van der Waals surface area contributed by atoms with E-state index in [2.05, 4.69) is 24.4 Å². The number of carbonyl (C=O) groups excluding carboxylic acids is 2. The minimum absolute atomic E-state index is 0.0237. The minimum atomic E-state index is -1.67. The molecule has 36 heavy (non-hydrogen) atoms. The maximum atomic E-state index is 12.4. The lowest BCUT2D eigenvalue weighted by atomic mass is 9.95. The topological polar surface area (TPSA) is 95.2 Å². The molecular formula is C30H59N3O3. The lowest BCUT2D eigenvalue weighted by Gasteiger charge is -2.48. The number of nitrogens with zero attached hydrogens (tertiary/aromatic N) is 1. The van der Waals surface area contributed by atoms with E-state index in [9.17, 15) is 14.7 Å². The molecule has 0 spiro atoms. The molecule has 2 atom stereocenters. The van der Waals surface area contributed by atoms with Crippen molar-refractivity contribution in [2.75, 3.05) is 21.1 Å². The molecule has 212 valence electrons. The number of rotatable bonds is 24. The lowest BCUT2D eigenvalue weighted by molar-refractivity contribution is -0.917. The number of hydrogen-bond donors (Lipinski definition) is 2. The fraction of sp³-hybridized carbons (Fsp3) is 0.867. The molecule has 0 aliphatic carbocycles. The first kappa shape index (κ1) is 34.6. The second-order valence-electron chi connectivity index (χ2n) is 11.4. The van der Waals surface area contributed by atoms with E-state index < -0.39 is 17.7 Å². The normalized spacial score (nSPS) is 14.6. The second-order valence-corrected chi connectivity index (χ2v) is 11.4. The van der Waals surface area contributed by atoms with E-state index in [1.807, 2.05) is 6.92 Å². The van der Waals surface area contributed by atoms with E-state index in [4.69, 9.17) is 5.73 Å². The average Bonchev–Trinajstić information content (AvgIpc) is 2.82.